The number of amides is 1. The summed E-state index contributed by atoms with van der Waals surface area (Å²) in [6, 6.07) is 3.75. The minimum absolute atomic E-state index is 0. The number of alkyl carbamates (subject to hydrolysis) is 1. The maximum Gasteiger partial charge on any atom is 0.407 e. The molecule has 0 spiro atoms. The molecule has 6 heteroatoms. The summed E-state index contributed by atoms with van der Waals surface area (Å²) in [6.07, 6.45) is -0.516. The van der Waals surface area contributed by atoms with Gasteiger partial charge in [0, 0.05) is 5.56 Å². The Morgan fingerprint density at radius 1 is 1.40 bits per heavy atom. The molecule has 1 saturated heterocycles. The maximum atomic E-state index is 10.7. The summed E-state index contributed by atoms with van der Waals surface area (Å²) in [5.41, 5.74) is 0.454. The third kappa shape index (κ3) is 2.24. The predicted molar refractivity (Wildman–Crippen MR) is 54.2 cm³/mol. The van der Waals surface area contributed by atoms with Gasteiger partial charge in [-0.2, -0.15) is 0 Å². The minimum Gasteiger partial charge on any atom is -0.508 e. The summed E-state index contributed by atoms with van der Waals surface area (Å²) in [5.74, 6) is 0.0672. The molecule has 5 nitrogen and oxygen atoms in total. The van der Waals surface area contributed by atoms with Crippen molar-refractivity contribution in [3.63, 3.8) is 0 Å². The summed E-state index contributed by atoms with van der Waals surface area (Å²) in [7, 11) is 0. The number of aromatic hydroxyl groups is 2. The molecule has 0 aliphatic carbocycles. The van der Waals surface area contributed by atoms with E-state index >= 15 is 0 Å². The summed E-state index contributed by atoms with van der Waals surface area (Å²) in [5, 5.41) is 21.2. The lowest BCUT2D eigenvalue weighted by Crippen LogP contribution is -2.18. The molecule has 1 heterocycles. The Balaban J connectivity index is 0.00000112. The largest absolute Gasteiger partial charge is 0.508 e. The number of ether oxygens (including phenoxy) is 1. The molecule has 1 aromatic rings. The molecular weight excluding hydrogens is 222 g/mol. The molecule has 82 valence electrons. The van der Waals surface area contributed by atoms with Crippen molar-refractivity contribution < 1.29 is 19.7 Å². The molecule has 1 amide bonds. The van der Waals surface area contributed by atoms with E-state index in [1.165, 1.54) is 18.2 Å². The van der Waals surface area contributed by atoms with Crippen molar-refractivity contribution >= 4 is 18.5 Å². The Labute approximate surface area is 92.1 Å². The number of cyclic esters (lactones) is 1. The standard InChI is InChI=1S/C9H9NO4.ClH/c11-5-1-2-8(12)6(3-5)7-4-14-9(13)10-7;/h1-3,7,11-12H,4H2,(H,10,13);1H/t7-;/m0./s1. The molecule has 1 aromatic carbocycles. The van der Waals surface area contributed by atoms with Gasteiger partial charge >= 0.3 is 6.09 Å². The Morgan fingerprint density at radius 3 is 2.73 bits per heavy atom. The van der Waals surface area contributed by atoms with Crippen molar-refractivity contribution in [2.45, 2.75) is 6.04 Å². The molecule has 0 saturated carbocycles. The number of rotatable bonds is 1. The summed E-state index contributed by atoms with van der Waals surface area (Å²) in [4.78, 5) is 10.7. The first-order chi connectivity index (χ1) is 6.66. The van der Waals surface area contributed by atoms with Crippen molar-refractivity contribution in [2.75, 3.05) is 6.61 Å². The van der Waals surface area contributed by atoms with E-state index in [2.05, 4.69) is 10.1 Å². The van der Waals surface area contributed by atoms with E-state index in [0.29, 0.717) is 5.56 Å². The number of carbonyl (C=O) groups is 1. The first kappa shape index (κ1) is 11.5. The van der Waals surface area contributed by atoms with Gasteiger partial charge in [-0.3, -0.25) is 0 Å². The van der Waals surface area contributed by atoms with E-state index in [1.54, 1.807) is 0 Å². The van der Waals surface area contributed by atoms with E-state index in [-0.39, 0.29) is 30.5 Å². The van der Waals surface area contributed by atoms with E-state index < -0.39 is 12.1 Å². The van der Waals surface area contributed by atoms with Crippen LogP contribution in [0.25, 0.3) is 0 Å². The number of nitrogens with one attached hydrogen (secondary N) is 1. The highest BCUT2D eigenvalue weighted by atomic mass is 35.5. The first-order valence-electron chi connectivity index (χ1n) is 4.12. The zero-order valence-corrected chi connectivity index (χ0v) is 8.45. The second-order valence-corrected chi connectivity index (χ2v) is 3.04. The van der Waals surface area contributed by atoms with Gasteiger partial charge in [0.15, 0.2) is 0 Å². The summed E-state index contributed by atoms with van der Waals surface area (Å²) >= 11 is 0. The molecule has 0 aromatic heterocycles. The number of hydrogen-bond donors (Lipinski definition) is 3. The van der Waals surface area contributed by atoms with Crippen molar-refractivity contribution in [3.05, 3.63) is 23.8 Å². The number of hydrogen-bond acceptors (Lipinski definition) is 4. The monoisotopic (exact) mass is 231 g/mol. The fourth-order valence-electron chi connectivity index (χ4n) is 1.37. The molecule has 1 aliphatic rings. The van der Waals surface area contributed by atoms with Crippen LogP contribution in [-0.2, 0) is 4.74 Å². The first-order valence-corrected chi connectivity index (χ1v) is 4.12. The summed E-state index contributed by atoms with van der Waals surface area (Å²) < 4.78 is 4.67. The molecule has 0 bridgehead atoms. The van der Waals surface area contributed by atoms with Gasteiger partial charge in [0.2, 0.25) is 0 Å². The Morgan fingerprint density at radius 2 is 2.13 bits per heavy atom. The lowest BCUT2D eigenvalue weighted by atomic mass is 10.1. The average molecular weight is 232 g/mol. The van der Waals surface area contributed by atoms with Crippen LogP contribution in [-0.4, -0.2) is 22.9 Å². The number of phenolic OH excluding ortho intramolecular Hbond substituents is 2. The van der Waals surface area contributed by atoms with Gasteiger partial charge in [0.05, 0.1) is 6.04 Å². The Kier molecular flexibility index (Phi) is 3.26. The highest BCUT2D eigenvalue weighted by Crippen LogP contribution is 2.29. The molecule has 15 heavy (non-hydrogen) atoms. The topological polar surface area (TPSA) is 78.8 Å². The average Bonchev–Trinajstić information content (AvgIpc) is 2.56. The number of phenols is 2. The number of halogens is 1. The lowest BCUT2D eigenvalue weighted by molar-refractivity contribution is 0.177. The smallest absolute Gasteiger partial charge is 0.407 e. The second-order valence-electron chi connectivity index (χ2n) is 3.04. The lowest BCUT2D eigenvalue weighted by Gasteiger charge is -2.09. The van der Waals surface area contributed by atoms with E-state index in [0.717, 1.165) is 0 Å². The molecular formula is C9H10ClNO4. The fourth-order valence-corrected chi connectivity index (χ4v) is 1.37. The Hall–Kier alpha value is -1.62. The molecule has 1 aliphatic heterocycles. The molecule has 0 unspecified atom stereocenters. The normalized spacial score (nSPS) is 18.9. The summed E-state index contributed by atoms with van der Waals surface area (Å²) in [6.45, 7) is 0.163. The number of carbonyl (C=O) groups excluding carboxylic acids is 1. The van der Waals surface area contributed by atoms with Gasteiger partial charge in [-0.05, 0) is 18.2 Å². The highest BCUT2D eigenvalue weighted by molar-refractivity contribution is 5.85. The third-order valence-electron chi connectivity index (χ3n) is 2.06. The van der Waals surface area contributed by atoms with Crippen LogP contribution in [0.4, 0.5) is 4.79 Å². The fraction of sp³-hybridized carbons (Fsp3) is 0.222. The minimum atomic E-state index is -0.516. The van der Waals surface area contributed by atoms with Gasteiger partial charge in [-0.15, -0.1) is 12.4 Å². The number of benzene rings is 1. The molecule has 0 radical (unpaired) electrons. The third-order valence-corrected chi connectivity index (χ3v) is 2.06. The van der Waals surface area contributed by atoms with Crippen LogP contribution in [0.5, 0.6) is 11.5 Å². The zero-order chi connectivity index (χ0) is 10.1. The van der Waals surface area contributed by atoms with Crippen LogP contribution >= 0.6 is 12.4 Å². The van der Waals surface area contributed by atoms with Gasteiger partial charge < -0.3 is 20.3 Å². The SMILES string of the molecule is Cl.O=C1N[C@H](c2cc(O)ccc2O)CO1. The van der Waals surface area contributed by atoms with Gasteiger partial charge in [0.25, 0.3) is 0 Å². The van der Waals surface area contributed by atoms with Crippen molar-refractivity contribution in [1.29, 1.82) is 0 Å². The van der Waals surface area contributed by atoms with Crippen LogP contribution < -0.4 is 5.32 Å². The van der Waals surface area contributed by atoms with Crippen molar-refractivity contribution in [2.24, 2.45) is 0 Å². The maximum absolute atomic E-state index is 10.7. The predicted octanol–water partition coefficient (Wildman–Crippen LogP) is 1.30. The van der Waals surface area contributed by atoms with Crippen molar-refractivity contribution in [1.82, 2.24) is 5.32 Å². The molecule has 3 N–H and O–H groups in total. The van der Waals surface area contributed by atoms with Crippen LogP contribution in [0.1, 0.15) is 11.6 Å². The van der Waals surface area contributed by atoms with Crippen molar-refractivity contribution in [3.8, 4) is 11.5 Å². The molecule has 2 rings (SSSR count). The quantitative estimate of drug-likeness (QED) is 0.637. The van der Waals surface area contributed by atoms with E-state index in [9.17, 15) is 15.0 Å². The van der Waals surface area contributed by atoms with Crippen LogP contribution in [0.15, 0.2) is 18.2 Å². The second kappa shape index (κ2) is 4.27. The highest BCUT2D eigenvalue weighted by Gasteiger charge is 2.26. The van der Waals surface area contributed by atoms with Crippen LogP contribution in [0.3, 0.4) is 0 Å². The van der Waals surface area contributed by atoms with Gasteiger partial charge in [-0.1, -0.05) is 0 Å². The van der Waals surface area contributed by atoms with Crippen LogP contribution in [0.2, 0.25) is 0 Å². The van der Waals surface area contributed by atoms with Gasteiger partial charge in [-0.25, -0.2) is 4.79 Å². The molecule has 1 fully saturated rings. The molecule has 1 atom stereocenters. The Bertz CT molecular complexity index is 382. The van der Waals surface area contributed by atoms with Gasteiger partial charge in [0.1, 0.15) is 18.1 Å². The van der Waals surface area contributed by atoms with E-state index in [1.807, 2.05) is 0 Å². The zero-order valence-electron chi connectivity index (χ0n) is 7.64. The van der Waals surface area contributed by atoms with E-state index in [4.69, 9.17) is 0 Å². The van der Waals surface area contributed by atoms with Crippen LogP contribution in [0, 0.1) is 0 Å².